The summed E-state index contributed by atoms with van der Waals surface area (Å²) in [5.74, 6) is 1.54. The van der Waals surface area contributed by atoms with E-state index in [1.807, 2.05) is 0 Å². The van der Waals surface area contributed by atoms with Crippen molar-refractivity contribution < 1.29 is 14.6 Å². The van der Waals surface area contributed by atoms with Crippen LogP contribution in [0.4, 0.5) is 0 Å². The molecule has 0 unspecified atom stereocenters. The number of phenolic OH excluding ortho intramolecular Hbond substituents is 1. The Hall–Kier alpha value is -1.26. The molecule has 1 aliphatic heterocycles. The van der Waals surface area contributed by atoms with E-state index in [-0.39, 0.29) is 12.5 Å². The zero-order valence-corrected chi connectivity index (χ0v) is 13.7. The first kappa shape index (κ1) is 15.6. The lowest BCUT2D eigenvalue weighted by Gasteiger charge is -2.45. The number of hydrogen-bond donors (Lipinski definition) is 1. The second-order valence-corrected chi connectivity index (χ2v) is 6.52. The van der Waals surface area contributed by atoms with Gasteiger partial charge in [-0.25, -0.2) is 0 Å². The Balaban J connectivity index is 1.87. The van der Waals surface area contributed by atoms with Crippen molar-refractivity contribution >= 4 is 0 Å². The van der Waals surface area contributed by atoms with Crippen molar-refractivity contribution in [2.24, 2.45) is 5.92 Å². The van der Waals surface area contributed by atoms with Gasteiger partial charge in [-0.1, -0.05) is 13.0 Å². The molecule has 0 amide bonds. The molecule has 1 heterocycles. The summed E-state index contributed by atoms with van der Waals surface area (Å²) in [4.78, 5) is 2.67. The number of rotatable bonds is 5. The lowest BCUT2D eigenvalue weighted by atomic mass is 9.75. The lowest BCUT2D eigenvalue weighted by molar-refractivity contribution is 0.0461. The summed E-state index contributed by atoms with van der Waals surface area (Å²) in [6.07, 6.45) is 5.86. The minimum Gasteiger partial charge on any atom is -0.504 e. The highest BCUT2D eigenvalue weighted by Crippen LogP contribution is 2.42. The van der Waals surface area contributed by atoms with E-state index in [4.69, 9.17) is 9.47 Å². The molecule has 0 spiro atoms. The van der Waals surface area contributed by atoms with Crippen LogP contribution in [0.1, 0.15) is 37.3 Å². The second-order valence-electron chi connectivity index (χ2n) is 6.52. The molecule has 22 heavy (non-hydrogen) atoms. The molecule has 4 nitrogen and oxygen atoms in total. The van der Waals surface area contributed by atoms with Crippen LogP contribution in [-0.2, 0) is 17.6 Å². The zero-order chi connectivity index (χ0) is 15.5. The van der Waals surface area contributed by atoms with Crippen molar-refractivity contribution in [2.45, 2.75) is 45.1 Å². The van der Waals surface area contributed by atoms with E-state index in [9.17, 15) is 5.11 Å². The first-order valence-corrected chi connectivity index (χ1v) is 8.44. The maximum absolute atomic E-state index is 10.1. The summed E-state index contributed by atoms with van der Waals surface area (Å²) >= 11 is 0. The maximum atomic E-state index is 10.1. The number of piperidine rings is 1. The Morgan fingerprint density at radius 2 is 2.18 bits per heavy atom. The number of hydrogen-bond acceptors (Lipinski definition) is 4. The van der Waals surface area contributed by atoms with Crippen LogP contribution in [0.15, 0.2) is 12.1 Å². The monoisotopic (exact) mass is 305 g/mol. The number of benzene rings is 1. The Kier molecular flexibility index (Phi) is 4.89. The number of nitrogens with zero attached hydrogens (tertiary/aromatic N) is 1. The molecule has 1 aliphatic carbocycles. The summed E-state index contributed by atoms with van der Waals surface area (Å²) < 4.78 is 10.7. The van der Waals surface area contributed by atoms with E-state index in [1.54, 1.807) is 13.2 Å². The van der Waals surface area contributed by atoms with E-state index in [0.717, 1.165) is 12.8 Å². The largest absolute Gasteiger partial charge is 0.504 e. The molecule has 4 heteroatoms. The van der Waals surface area contributed by atoms with Crippen molar-refractivity contribution in [3.8, 4) is 11.5 Å². The number of phenols is 1. The minimum atomic E-state index is 0.181. The van der Waals surface area contributed by atoms with Crippen LogP contribution in [0.5, 0.6) is 11.5 Å². The normalized spacial score (nSPS) is 24.6. The third kappa shape index (κ3) is 2.95. The molecule has 2 aliphatic rings. The first-order chi connectivity index (χ1) is 10.7. The van der Waals surface area contributed by atoms with Gasteiger partial charge in [0.25, 0.3) is 0 Å². The first-order valence-electron chi connectivity index (χ1n) is 8.44. The van der Waals surface area contributed by atoms with E-state index >= 15 is 0 Å². The SMILES string of the molecule is CCCN1CCC[C@@H]2Cc3c(ccc(O)c3OCOC)C[C@H]21. The minimum absolute atomic E-state index is 0.181. The van der Waals surface area contributed by atoms with Gasteiger partial charge in [0.1, 0.15) is 0 Å². The molecular formula is C18H27NO3. The molecule has 1 saturated heterocycles. The van der Waals surface area contributed by atoms with Gasteiger partial charge in [-0.3, -0.25) is 4.90 Å². The van der Waals surface area contributed by atoms with Crippen molar-refractivity contribution in [1.29, 1.82) is 0 Å². The maximum Gasteiger partial charge on any atom is 0.188 e. The Labute approximate surface area is 133 Å². The summed E-state index contributed by atoms with van der Waals surface area (Å²) in [6, 6.07) is 4.48. The molecule has 1 fully saturated rings. The molecule has 1 aromatic rings. The summed E-state index contributed by atoms with van der Waals surface area (Å²) in [5, 5.41) is 10.1. The quantitative estimate of drug-likeness (QED) is 0.849. The van der Waals surface area contributed by atoms with E-state index in [2.05, 4.69) is 17.9 Å². The Morgan fingerprint density at radius 3 is 2.95 bits per heavy atom. The van der Waals surface area contributed by atoms with E-state index in [0.29, 0.717) is 17.7 Å². The van der Waals surface area contributed by atoms with Crippen LogP contribution in [0.3, 0.4) is 0 Å². The number of aromatic hydroxyl groups is 1. The number of likely N-dealkylation sites (tertiary alicyclic amines) is 1. The Bertz CT molecular complexity index is 515. The number of fused-ring (bicyclic) bond motifs is 2. The fraction of sp³-hybridized carbons (Fsp3) is 0.667. The van der Waals surface area contributed by atoms with Crippen LogP contribution in [0.2, 0.25) is 0 Å². The fourth-order valence-corrected chi connectivity index (χ4v) is 4.15. The van der Waals surface area contributed by atoms with Crippen molar-refractivity contribution in [1.82, 2.24) is 4.90 Å². The van der Waals surface area contributed by atoms with E-state index in [1.165, 1.54) is 43.5 Å². The topological polar surface area (TPSA) is 41.9 Å². The van der Waals surface area contributed by atoms with Gasteiger partial charge >= 0.3 is 0 Å². The van der Waals surface area contributed by atoms with Gasteiger partial charge < -0.3 is 14.6 Å². The van der Waals surface area contributed by atoms with Crippen LogP contribution in [0, 0.1) is 5.92 Å². The van der Waals surface area contributed by atoms with Crippen molar-refractivity contribution in [2.75, 3.05) is 27.0 Å². The lowest BCUT2D eigenvalue weighted by Crippen LogP contribution is -2.49. The van der Waals surface area contributed by atoms with Crippen molar-refractivity contribution in [3.63, 3.8) is 0 Å². The molecule has 1 N–H and O–H groups in total. The molecule has 122 valence electrons. The molecule has 0 aromatic heterocycles. The molecule has 0 saturated carbocycles. The predicted molar refractivity (Wildman–Crippen MR) is 86.4 cm³/mol. The van der Waals surface area contributed by atoms with Gasteiger partial charge in [0.2, 0.25) is 0 Å². The van der Waals surface area contributed by atoms with Gasteiger partial charge in [0, 0.05) is 18.7 Å². The Morgan fingerprint density at radius 1 is 1.32 bits per heavy atom. The fourth-order valence-electron chi connectivity index (χ4n) is 4.15. The third-order valence-corrected chi connectivity index (χ3v) is 5.10. The zero-order valence-electron chi connectivity index (χ0n) is 13.7. The molecular weight excluding hydrogens is 278 g/mol. The van der Waals surface area contributed by atoms with E-state index < -0.39 is 0 Å². The molecule has 0 radical (unpaired) electrons. The summed E-state index contributed by atoms with van der Waals surface area (Å²) in [7, 11) is 1.60. The molecule has 3 rings (SSSR count). The second kappa shape index (κ2) is 6.88. The van der Waals surface area contributed by atoms with Gasteiger partial charge in [0.15, 0.2) is 18.3 Å². The van der Waals surface area contributed by atoms with Gasteiger partial charge in [-0.05, 0) is 62.7 Å². The number of methoxy groups -OCH3 is 1. The smallest absolute Gasteiger partial charge is 0.188 e. The van der Waals surface area contributed by atoms with Crippen LogP contribution >= 0.6 is 0 Å². The highest BCUT2D eigenvalue weighted by atomic mass is 16.7. The van der Waals surface area contributed by atoms with Crippen LogP contribution in [0.25, 0.3) is 0 Å². The van der Waals surface area contributed by atoms with Crippen LogP contribution in [-0.4, -0.2) is 43.0 Å². The van der Waals surface area contributed by atoms with Crippen LogP contribution < -0.4 is 4.74 Å². The average Bonchev–Trinajstić information content (AvgIpc) is 2.53. The highest BCUT2D eigenvalue weighted by Gasteiger charge is 2.36. The van der Waals surface area contributed by atoms with Gasteiger partial charge in [0.05, 0.1) is 0 Å². The third-order valence-electron chi connectivity index (χ3n) is 5.10. The standard InChI is InChI=1S/C18H27NO3/c1-3-8-19-9-4-5-14-10-15-13(11-16(14)19)6-7-17(20)18(15)22-12-21-2/h6-7,14,16,20H,3-5,8-12H2,1-2H3/t14-,16-/m1/s1. The highest BCUT2D eigenvalue weighted by molar-refractivity contribution is 5.51. The summed E-state index contributed by atoms with van der Waals surface area (Å²) in [6.45, 7) is 4.87. The number of ether oxygens (including phenoxy) is 2. The molecule has 2 atom stereocenters. The molecule has 0 bridgehead atoms. The average molecular weight is 305 g/mol. The van der Waals surface area contributed by atoms with Crippen molar-refractivity contribution in [3.05, 3.63) is 23.3 Å². The predicted octanol–water partition coefficient (Wildman–Crippen LogP) is 2.96. The van der Waals surface area contributed by atoms with Gasteiger partial charge in [-0.15, -0.1) is 0 Å². The molecule has 1 aromatic carbocycles. The summed E-state index contributed by atoms with van der Waals surface area (Å²) in [5.41, 5.74) is 2.52. The van der Waals surface area contributed by atoms with Gasteiger partial charge in [-0.2, -0.15) is 0 Å².